The van der Waals surface area contributed by atoms with Gasteiger partial charge in [-0.2, -0.15) is 0 Å². The Balaban J connectivity index is 1.78. The fraction of sp³-hybridized carbons (Fsp3) is 0.333. The van der Waals surface area contributed by atoms with Gasteiger partial charge in [0.25, 0.3) is 10.0 Å². The summed E-state index contributed by atoms with van der Waals surface area (Å²) in [6.07, 6.45) is -0.290. The van der Waals surface area contributed by atoms with E-state index in [1.165, 1.54) is 16.4 Å². The number of ether oxygens (including phenoxy) is 2. The second kappa shape index (κ2) is 5.93. The molecule has 0 saturated heterocycles. The van der Waals surface area contributed by atoms with E-state index >= 15 is 0 Å². The normalized spacial score (nSPS) is 19.4. The molecular weight excluding hydrogens is 342 g/mol. The Morgan fingerprint density at radius 2 is 1.84 bits per heavy atom. The first-order valence-electron chi connectivity index (χ1n) is 8.18. The van der Waals surface area contributed by atoms with Gasteiger partial charge in [-0.15, -0.1) is 0 Å². The smallest absolute Gasteiger partial charge is 0.264 e. The molecule has 4 rings (SSSR count). The number of hydrogen-bond acceptors (Lipinski definition) is 5. The fourth-order valence-corrected chi connectivity index (χ4v) is 4.77. The van der Waals surface area contributed by atoms with Crippen molar-refractivity contribution in [3.05, 3.63) is 47.5 Å². The first-order valence-corrected chi connectivity index (χ1v) is 9.62. The van der Waals surface area contributed by atoms with Crippen molar-refractivity contribution in [3.8, 4) is 11.5 Å². The van der Waals surface area contributed by atoms with Crippen LogP contribution in [0.1, 0.15) is 23.7 Å². The average Bonchev–Trinajstić information content (AvgIpc) is 2.62. The molecule has 7 heteroatoms. The third kappa shape index (κ3) is 2.73. The van der Waals surface area contributed by atoms with Crippen LogP contribution in [-0.2, 0) is 10.0 Å². The minimum Gasteiger partial charge on any atom is -0.486 e. The molecule has 2 aromatic carbocycles. The standard InChI is InChI=1S/C18H19NO5S/c1-12-2-4-15-14(10-12)16(20)6-7-19(15)25(21,22)13-3-5-17-18(11-13)24-9-8-23-17/h2-5,10-11,16,20H,6-9H2,1H3. The monoisotopic (exact) mass is 361 g/mol. The number of hydrogen-bond donors (Lipinski definition) is 1. The van der Waals surface area contributed by atoms with Crippen LogP contribution in [0, 0.1) is 6.92 Å². The lowest BCUT2D eigenvalue weighted by Crippen LogP contribution is -2.36. The van der Waals surface area contributed by atoms with Crippen molar-refractivity contribution in [1.29, 1.82) is 0 Å². The van der Waals surface area contributed by atoms with Crippen molar-refractivity contribution in [2.75, 3.05) is 24.1 Å². The van der Waals surface area contributed by atoms with Crippen LogP contribution in [0.4, 0.5) is 5.69 Å². The molecule has 1 atom stereocenters. The number of aliphatic hydroxyl groups is 1. The van der Waals surface area contributed by atoms with Crippen molar-refractivity contribution < 1.29 is 23.0 Å². The summed E-state index contributed by atoms with van der Waals surface area (Å²) in [6.45, 7) is 3.00. The molecule has 0 aliphatic carbocycles. The first-order chi connectivity index (χ1) is 12.0. The predicted molar refractivity (Wildman–Crippen MR) is 92.7 cm³/mol. The van der Waals surface area contributed by atoms with Gasteiger partial charge in [-0.1, -0.05) is 17.7 Å². The molecule has 0 bridgehead atoms. The minimum atomic E-state index is -3.76. The summed E-state index contributed by atoms with van der Waals surface area (Å²) < 4.78 is 38.7. The molecule has 132 valence electrons. The molecule has 2 aliphatic rings. The SMILES string of the molecule is Cc1ccc2c(c1)C(O)CCN2S(=O)(=O)c1ccc2c(c1)OCCO2. The number of aryl methyl sites for hydroxylation is 1. The number of anilines is 1. The summed E-state index contributed by atoms with van der Waals surface area (Å²) in [4.78, 5) is 0.152. The van der Waals surface area contributed by atoms with E-state index in [-0.39, 0.29) is 11.4 Å². The Morgan fingerprint density at radius 3 is 2.64 bits per heavy atom. The molecule has 0 spiro atoms. The summed E-state index contributed by atoms with van der Waals surface area (Å²) in [5, 5.41) is 10.2. The van der Waals surface area contributed by atoms with Crippen LogP contribution in [0.2, 0.25) is 0 Å². The Kier molecular flexibility index (Phi) is 3.85. The Labute approximate surface area is 146 Å². The maximum absolute atomic E-state index is 13.2. The van der Waals surface area contributed by atoms with Gasteiger partial charge in [0, 0.05) is 18.2 Å². The van der Waals surface area contributed by atoms with E-state index < -0.39 is 16.1 Å². The van der Waals surface area contributed by atoms with Gasteiger partial charge in [-0.3, -0.25) is 4.31 Å². The van der Waals surface area contributed by atoms with Crippen LogP contribution >= 0.6 is 0 Å². The maximum Gasteiger partial charge on any atom is 0.264 e. The molecule has 2 aliphatic heterocycles. The van der Waals surface area contributed by atoms with E-state index in [2.05, 4.69) is 0 Å². The lowest BCUT2D eigenvalue weighted by Gasteiger charge is -2.33. The van der Waals surface area contributed by atoms with Crippen molar-refractivity contribution in [2.45, 2.75) is 24.3 Å². The van der Waals surface area contributed by atoms with E-state index in [0.717, 1.165) is 5.56 Å². The van der Waals surface area contributed by atoms with Gasteiger partial charge in [0.15, 0.2) is 11.5 Å². The van der Waals surface area contributed by atoms with Crippen molar-refractivity contribution >= 4 is 15.7 Å². The lowest BCUT2D eigenvalue weighted by atomic mass is 9.99. The molecule has 2 heterocycles. The Hall–Kier alpha value is -2.25. The lowest BCUT2D eigenvalue weighted by molar-refractivity contribution is 0.166. The van der Waals surface area contributed by atoms with Crippen LogP contribution in [-0.4, -0.2) is 33.3 Å². The van der Waals surface area contributed by atoms with Crippen LogP contribution in [0.25, 0.3) is 0 Å². The fourth-order valence-electron chi connectivity index (χ4n) is 3.24. The van der Waals surface area contributed by atoms with Crippen molar-refractivity contribution in [1.82, 2.24) is 0 Å². The van der Waals surface area contributed by atoms with Crippen molar-refractivity contribution in [3.63, 3.8) is 0 Å². The zero-order valence-electron chi connectivity index (χ0n) is 13.8. The maximum atomic E-state index is 13.2. The number of fused-ring (bicyclic) bond motifs is 2. The highest BCUT2D eigenvalue weighted by molar-refractivity contribution is 7.92. The van der Waals surface area contributed by atoms with E-state index in [9.17, 15) is 13.5 Å². The van der Waals surface area contributed by atoms with Crippen LogP contribution in [0.3, 0.4) is 0 Å². The highest BCUT2D eigenvalue weighted by atomic mass is 32.2. The quantitative estimate of drug-likeness (QED) is 0.889. The Bertz CT molecular complexity index is 925. The van der Waals surface area contributed by atoms with Crippen LogP contribution in [0.5, 0.6) is 11.5 Å². The van der Waals surface area contributed by atoms with Crippen LogP contribution in [0.15, 0.2) is 41.3 Å². The summed E-state index contributed by atoms with van der Waals surface area (Å²) in [5.74, 6) is 0.990. The summed E-state index contributed by atoms with van der Waals surface area (Å²) in [6, 6.07) is 10.1. The van der Waals surface area contributed by atoms with Gasteiger partial charge in [0.1, 0.15) is 13.2 Å². The molecule has 25 heavy (non-hydrogen) atoms. The number of benzene rings is 2. The highest BCUT2D eigenvalue weighted by Crippen LogP contribution is 2.39. The third-order valence-corrected chi connectivity index (χ3v) is 6.33. The first kappa shape index (κ1) is 16.2. The number of sulfonamides is 1. The molecule has 6 nitrogen and oxygen atoms in total. The number of aliphatic hydroxyl groups excluding tert-OH is 1. The number of rotatable bonds is 2. The predicted octanol–water partition coefficient (Wildman–Crippen LogP) is 2.40. The molecule has 2 aromatic rings. The topological polar surface area (TPSA) is 76.1 Å². The minimum absolute atomic E-state index is 0.152. The van der Waals surface area contributed by atoms with E-state index in [1.54, 1.807) is 12.1 Å². The number of nitrogens with zero attached hydrogens (tertiary/aromatic N) is 1. The average molecular weight is 361 g/mol. The Morgan fingerprint density at radius 1 is 1.08 bits per heavy atom. The van der Waals surface area contributed by atoms with E-state index in [4.69, 9.17) is 9.47 Å². The van der Waals surface area contributed by atoms with Gasteiger partial charge in [0.05, 0.1) is 16.7 Å². The van der Waals surface area contributed by atoms with Gasteiger partial charge < -0.3 is 14.6 Å². The molecule has 0 radical (unpaired) electrons. The van der Waals surface area contributed by atoms with E-state index in [0.29, 0.717) is 42.4 Å². The summed E-state index contributed by atoms with van der Waals surface area (Å²) in [5.41, 5.74) is 2.16. The van der Waals surface area contributed by atoms with Gasteiger partial charge in [-0.25, -0.2) is 8.42 Å². The summed E-state index contributed by atoms with van der Waals surface area (Å²) in [7, 11) is -3.76. The second-order valence-electron chi connectivity index (χ2n) is 6.25. The van der Waals surface area contributed by atoms with Crippen LogP contribution < -0.4 is 13.8 Å². The van der Waals surface area contributed by atoms with Gasteiger partial charge in [-0.05, 0) is 31.5 Å². The van der Waals surface area contributed by atoms with Gasteiger partial charge in [0.2, 0.25) is 0 Å². The van der Waals surface area contributed by atoms with E-state index in [1.807, 2.05) is 19.1 Å². The zero-order valence-corrected chi connectivity index (χ0v) is 14.6. The molecule has 1 N–H and O–H groups in total. The zero-order chi connectivity index (χ0) is 17.6. The molecular formula is C18H19NO5S. The third-order valence-electron chi connectivity index (χ3n) is 4.52. The largest absolute Gasteiger partial charge is 0.486 e. The molecule has 0 saturated carbocycles. The van der Waals surface area contributed by atoms with Crippen molar-refractivity contribution in [2.24, 2.45) is 0 Å². The van der Waals surface area contributed by atoms with Gasteiger partial charge >= 0.3 is 0 Å². The highest BCUT2D eigenvalue weighted by Gasteiger charge is 2.33. The summed E-state index contributed by atoms with van der Waals surface area (Å²) >= 11 is 0. The molecule has 0 aromatic heterocycles. The second-order valence-corrected chi connectivity index (χ2v) is 8.11. The molecule has 0 amide bonds. The molecule has 0 fully saturated rings. The molecule has 1 unspecified atom stereocenters.